The normalized spacial score (nSPS) is 28.1. The highest BCUT2D eigenvalue weighted by Gasteiger charge is 2.29. The van der Waals surface area contributed by atoms with E-state index in [1.54, 1.807) is 12.1 Å². The number of ether oxygens (including phenoxy) is 1. The van der Waals surface area contributed by atoms with Crippen molar-refractivity contribution in [2.75, 3.05) is 6.54 Å². The monoisotopic (exact) mass is 315 g/mol. The molecule has 100 valence electrons. The van der Waals surface area contributed by atoms with Crippen molar-refractivity contribution in [3.63, 3.8) is 0 Å². The van der Waals surface area contributed by atoms with Crippen LogP contribution in [0, 0.1) is 17.7 Å². The second kappa shape index (κ2) is 6.02. The Hall–Kier alpha value is -0.610. The average Bonchev–Trinajstić information content (AvgIpc) is 2.33. The highest BCUT2D eigenvalue weighted by molar-refractivity contribution is 9.10. The predicted molar refractivity (Wildman–Crippen MR) is 74.1 cm³/mol. The number of nitrogens with two attached hydrogens (primary N) is 1. The van der Waals surface area contributed by atoms with E-state index in [4.69, 9.17) is 10.5 Å². The van der Waals surface area contributed by atoms with Crippen molar-refractivity contribution in [1.82, 2.24) is 0 Å². The third kappa shape index (κ3) is 3.23. The highest BCUT2D eigenvalue weighted by atomic mass is 79.9. The molecule has 4 heteroatoms. The Labute approximate surface area is 116 Å². The van der Waals surface area contributed by atoms with Crippen molar-refractivity contribution in [3.05, 3.63) is 28.5 Å². The van der Waals surface area contributed by atoms with E-state index in [0.717, 1.165) is 17.3 Å². The first-order valence-electron chi connectivity index (χ1n) is 6.42. The first-order valence-corrected chi connectivity index (χ1v) is 7.21. The predicted octanol–water partition coefficient (Wildman–Crippen LogP) is 3.73. The Balaban J connectivity index is 2.10. The molecule has 1 aromatic carbocycles. The summed E-state index contributed by atoms with van der Waals surface area (Å²) in [6.07, 6.45) is 3.25. The highest BCUT2D eigenvalue weighted by Crippen LogP contribution is 2.32. The molecule has 1 fully saturated rings. The molecule has 0 spiro atoms. The van der Waals surface area contributed by atoms with Gasteiger partial charge in [-0.05, 0) is 43.5 Å². The minimum Gasteiger partial charge on any atom is -0.487 e. The molecule has 0 aromatic heterocycles. The molecule has 0 bridgehead atoms. The van der Waals surface area contributed by atoms with Crippen LogP contribution >= 0.6 is 15.9 Å². The van der Waals surface area contributed by atoms with Gasteiger partial charge in [-0.15, -0.1) is 0 Å². The Bertz CT molecular complexity index is 413. The van der Waals surface area contributed by atoms with Crippen molar-refractivity contribution in [3.8, 4) is 5.75 Å². The van der Waals surface area contributed by atoms with Gasteiger partial charge < -0.3 is 10.5 Å². The first-order chi connectivity index (χ1) is 8.60. The number of hydrogen-bond acceptors (Lipinski definition) is 2. The quantitative estimate of drug-likeness (QED) is 0.922. The summed E-state index contributed by atoms with van der Waals surface area (Å²) in [7, 11) is 0. The summed E-state index contributed by atoms with van der Waals surface area (Å²) >= 11 is 3.24. The van der Waals surface area contributed by atoms with Crippen molar-refractivity contribution in [1.29, 1.82) is 0 Å². The van der Waals surface area contributed by atoms with Crippen LogP contribution in [0.4, 0.5) is 4.39 Å². The molecule has 0 heterocycles. The molecule has 0 amide bonds. The van der Waals surface area contributed by atoms with E-state index in [-0.39, 0.29) is 11.9 Å². The van der Waals surface area contributed by atoms with E-state index >= 15 is 0 Å². The molecule has 2 nitrogen and oxygen atoms in total. The van der Waals surface area contributed by atoms with Gasteiger partial charge in [0.2, 0.25) is 0 Å². The lowest BCUT2D eigenvalue weighted by Gasteiger charge is -2.34. The topological polar surface area (TPSA) is 35.2 Å². The van der Waals surface area contributed by atoms with Crippen LogP contribution in [0.3, 0.4) is 0 Å². The third-order valence-corrected chi connectivity index (χ3v) is 4.16. The summed E-state index contributed by atoms with van der Waals surface area (Å²) in [5, 5.41) is 0. The SMILES string of the molecule is CC1CCC(CN)C(Oc2ccc(Br)cc2F)C1. The van der Waals surface area contributed by atoms with E-state index in [1.807, 2.05) is 0 Å². The summed E-state index contributed by atoms with van der Waals surface area (Å²) in [6.45, 7) is 2.82. The van der Waals surface area contributed by atoms with Gasteiger partial charge in [-0.1, -0.05) is 29.3 Å². The molecule has 3 atom stereocenters. The summed E-state index contributed by atoms with van der Waals surface area (Å²) < 4.78 is 20.3. The average molecular weight is 316 g/mol. The summed E-state index contributed by atoms with van der Waals surface area (Å²) in [6, 6.07) is 4.90. The molecular weight excluding hydrogens is 297 g/mol. The fourth-order valence-corrected chi connectivity index (χ4v) is 2.87. The molecule has 3 unspecified atom stereocenters. The Morgan fingerprint density at radius 3 is 2.89 bits per heavy atom. The van der Waals surface area contributed by atoms with Crippen molar-refractivity contribution in [2.24, 2.45) is 17.6 Å². The molecule has 0 radical (unpaired) electrons. The molecule has 2 N–H and O–H groups in total. The molecule has 1 aliphatic rings. The van der Waals surface area contributed by atoms with E-state index in [2.05, 4.69) is 22.9 Å². The molecule has 0 saturated heterocycles. The fourth-order valence-electron chi connectivity index (χ4n) is 2.54. The lowest BCUT2D eigenvalue weighted by molar-refractivity contribution is 0.0706. The molecule has 0 aliphatic heterocycles. The summed E-state index contributed by atoms with van der Waals surface area (Å²) in [5.74, 6) is 0.967. The van der Waals surface area contributed by atoms with E-state index < -0.39 is 0 Å². The van der Waals surface area contributed by atoms with Crippen molar-refractivity contribution >= 4 is 15.9 Å². The summed E-state index contributed by atoms with van der Waals surface area (Å²) in [4.78, 5) is 0. The number of rotatable bonds is 3. The molecule has 1 aromatic rings. The maximum absolute atomic E-state index is 13.7. The minimum absolute atomic E-state index is 0.0365. The number of hydrogen-bond donors (Lipinski definition) is 1. The van der Waals surface area contributed by atoms with Crippen LogP contribution in [0.15, 0.2) is 22.7 Å². The Morgan fingerprint density at radius 2 is 2.22 bits per heavy atom. The van der Waals surface area contributed by atoms with E-state index in [0.29, 0.717) is 24.1 Å². The largest absolute Gasteiger partial charge is 0.487 e. The zero-order valence-electron chi connectivity index (χ0n) is 10.5. The number of benzene rings is 1. The lowest BCUT2D eigenvalue weighted by Crippen LogP contribution is -2.37. The van der Waals surface area contributed by atoms with Gasteiger partial charge in [0, 0.05) is 10.4 Å². The molecule has 1 saturated carbocycles. The van der Waals surface area contributed by atoms with Gasteiger partial charge in [-0.25, -0.2) is 4.39 Å². The van der Waals surface area contributed by atoms with Crippen LogP contribution in [0.25, 0.3) is 0 Å². The standard InChI is InChI=1S/C14H19BrFNO/c1-9-2-3-10(8-17)14(6-9)18-13-5-4-11(15)7-12(13)16/h4-5,7,9-10,14H,2-3,6,8,17H2,1H3. The van der Waals surface area contributed by atoms with Gasteiger partial charge in [0.15, 0.2) is 11.6 Å². The van der Waals surface area contributed by atoms with Gasteiger partial charge >= 0.3 is 0 Å². The van der Waals surface area contributed by atoms with Crippen molar-refractivity contribution in [2.45, 2.75) is 32.3 Å². The molecule has 2 rings (SSSR count). The smallest absolute Gasteiger partial charge is 0.166 e. The zero-order valence-corrected chi connectivity index (χ0v) is 12.1. The molecule has 1 aliphatic carbocycles. The van der Waals surface area contributed by atoms with Crippen LogP contribution in [-0.4, -0.2) is 12.6 Å². The Morgan fingerprint density at radius 1 is 1.44 bits per heavy atom. The molecular formula is C14H19BrFNO. The van der Waals surface area contributed by atoms with Crippen LogP contribution in [0.5, 0.6) is 5.75 Å². The Kier molecular flexibility index (Phi) is 4.62. The zero-order chi connectivity index (χ0) is 13.1. The maximum Gasteiger partial charge on any atom is 0.166 e. The van der Waals surface area contributed by atoms with E-state index in [1.165, 1.54) is 12.5 Å². The van der Waals surface area contributed by atoms with E-state index in [9.17, 15) is 4.39 Å². The van der Waals surface area contributed by atoms with Gasteiger partial charge in [-0.3, -0.25) is 0 Å². The van der Waals surface area contributed by atoms with Crippen LogP contribution in [0.2, 0.25) is 0 Å². The maximum atomic E-state index is 13.7. The minimum atomic E-state index is -0.321. The lowest BCUT2D eigenvalue weighted by atomic mass is 9.80. The van der Waals surface area contributed by atoms with Gasteiger partial charge in [0.05, 0.1) is 0 Å². The number of halogens is 2. The summed E-state index contributed by atoms with van der Waals surface area (Å²) in [5.41, 5.74) is 5.77. The molecule has 18 heavy (non-hydrogen) atoms. The van der Waals surface area contributed by atoms with Crippen LogP contribution in [0.1, 0.15) is 26.2 Å². The third-order valence-electron chi connectivity index (χ3n) is 3.67. The fraction of sp³-hybridized carbons (Fsp3) is 0.571. The second-order valence-electron chi connectivity index (χ2n) is 5.15. The van der Waals surface area contributed by atoms with Crippen LogP contribution < -0.4 is 10.5 Å². The van der Waals surface area contributed by atoms with Crippen LogP contribution in [-0.2, 0) is 0 Å². The van der Waals surface area contributed by atoms with Gasteiger partial charge in [0.1, 0.15) is 6.10 Å². The van der Waals surface area contributed by atoms with Gasteiger partial charge in [-0.2, -0.15) is 0 Å². The first kappa shape index (κ1) is 13.8. The second-order valence-corrected chi connectivity index (χ2v) is 6.06. The van der Waals surface area contributed by atoms with Crippen molar-refractivity contribution < 1.29 is 9.13 Å². The van der Waals surface area contributed by atoms with Gasteiger partial charge in [0.25, 0.3) is 0 Å².